The molecule has 116 valence electrons. The molecular weight excluding hydrogens is 294 g/mol. The van der Waals surface area contributed by atoms with Crippen molar-refractivity contribution in [3.05, 3.63) is 63.9 Å². The second-order valence-electron chi connectivity index (χ2n) is 5.99. The monoisotopic (exact) mass is 315 g/mol. The van der Waals surface area contributed by atoms with Gasteiger partial charge in [0.25, 0.3) is 0 Å². The molecule has 0 amide bonds. The van der Waals surface area contributed by atoms with Crippen LogP contribution in [0.5, 0.6) is 0 Å². The molecule has 3 nitrogen and oxygen atoms in total. The van der Waals surface area contributed by atoms with E-state index in [9.17, 15) is 0 Å². The van der Waals surface area contributed by atoms with Crippen molar-refractivity contribution in [1.82, 2.24) is 15.2 Å². The average molecular weight is 316 g/mol. The molecule has 1 aliphatic heterocycles. The largest absolute Gasteiger partial charge is 0.314 e. The molecule has 0 bridgehead atoms. The molecule has 1 aromatic heterocycles. The molecule has 1 aromatic carbocycles. The Hall–Kier alpha value is -1.42. The summed E-state index contributed by atoms with van der Waals surface area (Å²) in [6.45, 7) is 8.33. The summed E-state index contributed by atoms with van der Waals surface area (Å²) in [5.41, 5.74) is 5.27. The number of nitrogens with zero attached hydrogens (tertiary/aromatic N) is 2. The summed E-state index contributed by atoms with van der Waals surface area (Å²) in [7, 11) is 0. The maximum absolute atomic E-state index is 6.16. The molecule has 3 rings (SSSR count). The molecule has 4 heteroatoms. The van der Waals surface area contributed by atoms with Crippen molar-refractivity contribution >= 4 is 11.6 Å². The third-order valence-electron chi connectivity index (χ3n) is 4.47. The van der Waals surface area contributed by atoms with Gasteiger partial charge in [-0.1, -0.05) is 11.6 Å². The lowest BCUT2D eigenvalue weighted by Crippen LogP contribution is -2.45. The number of piperazine rings is 1. The number of aryl methyl sites for hydroxylation is 2. The van der Waals surface area contributed by atoms with Crippen molar-refractivity contribution in [2.45, 2.75) is 26.4 Å². The summed E-state index contributed by atoms with van der Waals surface area (Å²) in [6.07, 6.45) is 3.75. The number of halogens is 1. The van der Waals surface area contributed by atoms with E-state index in [-0.39, 0.29) is 0 Å². The van der Waals surface area contributed by atoms with Gasteiger partial charge < -0.3 is 5.32 Å². The molecule has 0 aliphatic carbocycles. The standard InChI is InChI=1S/C18H22ClN3/c1-13-9-16(19)10-14(2)17(13)12-22-8-7-21-11-18(22)15-3-5-20-6-4-15/h3-6,9-10,18,21H,7-8,11-12H2,1-2H3. The highest BCUT2D eigenvalue weighted by atomic mass is 35.5. The van der Waals surface area contributed by atoms with Crippen molar-refractivity contribution in [2.24, 2.45) is 0 Å². The third-order valence-corrected chi connectivity index (χ3v) is 4.69. The number of pyridine rings is 1. The Morgan fingerprint density at radius 1 is 1.23 bits per heavy atom. The lowest BCUT2D eigenvalue weighted by Gasteiger charge is -2.37. The summed E-state index contributed by atoms with van der Waals surface area (Å²) in [4.78, 5) is 6.68. The molecule has 2 aromatic rings. The van der Waals surface area contributed by atoms with E-state index < -0.39 is 0 Å². The van der Waals surface area contributed by atoms with Gasteiger partial charge in [-0.2, -0.15) is 0 Å². The lowest BCUT2D eigenvalue weighted by molar-refractivity contribution is 0.153. The Morgan fingerprint density at radius 2 is 1.91 bits per heavy atom. The molecule has 1 unspecified atom stereocenters. The van der Waals surface area contributed by atoms with E-state index in [4.69, 9.17) is 11.6 Å². The molecule has 0 spiro atoms. The molecule has 22 heavy (non-hydrogen) atoms. The summed E-state index contributed by atoms with van der Waals surface area (Å²) in [5, 5.41) is 4.33. The minimum Gasteiger partial charge on any atom is -0.314 e. The van der Waals surface area contributed by atoms with Crippen LogP contribution in [0.15, 0.2) is 36.7 Å². The van der Waals surface area contributed by atoms with Gasteiger partial charge in [0.05, 0.1) is 0 Å². The van der Waals surface area contributed by atoms with Gasteiger partial charge in [-0.25, -0.2) is 0 Å². The topological polar surface area (TPSA) is 28.2 Å². The minimum atomic E-state index is 0.395. The first kappa shape index (κ1) is 15.5. The lowest BCUT2D eigenvalue weighted by atomic mass is 9.99. The van der Waals surface area contributed by atoms with Crippen LogP contribution in [0.4, 0.5) is 0 Å². The predicted octanol–water partition coefficient (Wildman–Crippen LogP) is 3.50. The van der Waals surface area contributed by atoms with Crippen LogP contribution in [0.1, 0.15) is 28.3 Å². The smallest absolute Gasteiger partial charge is 0.0477 e. The molecule has 1 N–H and O–H groups in total. The molecule has 1 saturated heterocycles. The summed E-state index contributed by atoms with van der Waals surface area (Å²) >= 11 is 6.16. The van der Waals surface area contributed by atoms with Crippen molar-refractivity contribution in [2.75, 3.05) is 19.6 Å². The molecule has 2 heterocycles. The maximum Gasteiger partial charge on any atom is 0.0477 e. The highest BCUT2D eigenvalue weighted by molar-refractivity contribution is 6.30. The van der Waals surface area contributed by atoms with Crippen LogP contribution in [-0.4, -0.2) is 29.5 Å². The van der Waals surface area contributed by atoms with Crippen molar-refractivity contribution in [1.29, 1.82) is 0 Å². The van der Waals surface area contributed by atoms with E-state index in [2.05, 4.69) is 53.3 Å². The Kier molecular flexibility index (Phi) is 4.77. The fraction of sp³-hybridized carbons (Fsp3) is 0.389. The second kappa shape index (κ2) is 6.78. The normalized spacial score (nSPS) is 19.3. The zero-order valence-corrected chi connectivity index (χ0v) is 13.9. The molecule has 0 radical (unpaired) electrons. The van der Waals surface area contributed by atoms with E-state index in [0.29, 0.717) is 6.04 Å². The fourth-order valence-electron chi connectivity index (χ4n) is 3.24. The van der Waals surface area contributed by atoms with E-state index in [1.807, 2.05) is 12.4 Å². The van der Waals surface area contributed by atoms with Gasteiger partial charge in [0, 0.05) is 49.6 Å². The van der Waals surface area contributed by atoms with Crippen LogP contribution in [0.2, 0.25) is 5.02 Å². The summed E-state index contributed by atoms with van der Waals surface area (Å²) in [5.74, 6) is 0. The van der Waals surface area contributed by atoms with Crippen LogP contribution < -0.4 is 5.32 Å². The zero-order valence-electron chi connectivity index (χ0n) is 13.1. The van der Waals surface area contributed by atoms with Gasteiger partial charge in [-0.3, -0.25) is 9.88 Å². The minimum absolute atomic E-state index is 0.395. The number of aromatic nitrogens is 1. The molecule has 1 fully saturated rings. The van der Waals surface area contributed by atoms with Gasteiger partial charge in [0.15, 0.2) is 0 Å². The molecule has 1 aliphatic rings. The number of benzene rings is 1. The van der Waals surface area contributed by atoms with Gasteiger partial charge in [-0.05, 0) is 60.4 Å². The van der Waals surface area contributed by atoms with E-state index >= 15 is 0 Å². The number of hydrogen-bond acceptors (Lipinski definition) is 3. The second-order valence-corrected chi connectivity index (χ2v) is 6.43. The molecule has 1 atom stereocenters. The Balaban J connectivity index is 1.86. The van der Waals surface area contributed by atoms with E-state index in [1.165, 1.54) is 22.3 Å². The Labute approximate surface area is 137 Å². The first-order chi connectivity index (χ1) is 10.6. The van der Waals surface area contributed by atoms with Crippen molar-refractivity contribution in [3.63, 3.8) is 0 Å². The highest BCUT2D eigenvalue weighted by Crippen LogP contribution is 2.27. The van der Waals surface area contributed by atoms with Crippen LogP contribution in [0.25, 0.3) is 0 Å². The van der Waals surface area contributed by atoms with Crippen LogP contribution in [0, 0.1) is 13.8 Å². The predicted molar refractivity (Wildman–Crippen MR) is 91.2 cm³/mol. The van der Waals surface area contributed by atoms with Gasteiger partial charge in [-0.15, -0.1) is 0 Å². The van der Waals surface area contributed by atoms with E-state index in [1.54, 1.807) is 0 Å². The van der Waals surface area contributed by atoms with Crippen LogP contribution in [0.3, 0.4) is 0 Å². The SMILES string of the molecule is Cc1cc(Cl)cc(C)c1CN1CCNCC1c1ccncc1. The number of nitrogens with one attached hydrogen (secondary N) is 1. The Morgan fingerprint density at radius 3 is 2.59 bits per heavy atom. The molecular formula is C18H22ClN3. The number of rotatable bonds is 3. The van der Waals surface area contributed by atoms with Gasteiger partial charge in [0.2, 0.25) is 0 Å². The quantitative estimate of drug-likeness (QED) is 0.939. The molecule has 0 saturated carbocycles. The average Bonchev–Trinajstić information content (AvgIpc) is 2.52. The summed E-state index contributed by atoms with van der Waals surface area (Å²) in [6, 6.07) is 8.76. The van der Waals surface area contributed by atoms with Crippen LogP contribution >= 0.6 is 11.6 Å². The first-order valence-corrected chi connectivity index (χ1v) is 8.13. The van der Waals surface area contributed by atoms with Crippen molar-refractivity contribution < 1.29 is 0 Å². The highest BCUT2D eigenvalue weighted by Gasteiger charge is 2.24. The Bertz CT molecular complexity index is 619. The zero-order chi connectivity index (χ0) is 15.5. The fourth-order valence-corrected chi connectivity index (χ4v) is 3.57. The third kappa shape index (κ3) is 3.32. The van der Waals surface area contributed by atoms with Crippen LogP contribution in [-0.2, 0) is 6.54 Å². The maximum atomic E-state index is 6.16. The van der Waals surface area contributed by atoms with Gasteiger partial charge >= 0.3 is 0 Å². The van der Waals surface area contributed by atoms with E-state index in [0.717, 1.165) is 31.2 Å². The summed E-state index contributed by atoms with van der Waals surface area (Å²) < 4.78 is 0. The number of hydrogen-bond donors (Lipinski definition) is 1. The first-order valence-electron chi connectivity index (χ1n) is 7.75. The van der Waals surface area contributed by atoms with Gasteiger partial charge in [0.1, 0.15) is 0 Å². The van der Waals surface area contributed by atoms with Crippen molar-refractivity contribution in [3.8, 4) is 0 Å².